The van der Waals surface area contributed by atoms with Crippen LogP contribution in [0.5, 0.6) is 5.75 Å². The van der Waals surface area contributed by atoms with Crippen LogP contribution in [0.3, 0.4) is 0 Å². The van der Waals surface area contributed by atoms with E-state index >= 15 is 0 Å². The molecule has 0 fully saturated rings. The first-order valence-electron chi connectivity index (χ1n) is 5.04. The molecule has 1 heterocycles. The molecule has 0 saturated heterocycles. The lowest BCUT2D eigenvalue weighted by atomic mass is 10.1. The van der Waals surface area contributed by atoms with E-state index in [1.54, 1.807) is 13.4 Å². The Balaban J connectivity index is 2.40. The first-order valence-corrected chi connectivity index (χ1v) is 5.04. The summed E-state index contributed by atoms with van der Waals surface area (Å²) >= 11 is 0. The van der Waals surface area contributed by atoms with Crippen molar-refractivity contribution in [3.63, 3.8) is 0 Å². The number of methoxy groups -OCH3 is 1. The zero-order chi connectivity index (χ0) is 10.7. The van der Waals surface area contributed by atoms with Gasteiger partial charge in [-0.15, -0.1) is 0 Å². The first-order chi connectivity index (χ1) is 7.35. The molecule has 0 amide bonds. The number of nitrogens with one attached hydrogen (secondary N) is 1. The number of rotatable bonds is 4. The molecule has 1 aromatic heterocycles. The Morgan fingerprint density at radius 1 is 1.40 bits per heavy atom. The van der Waals surface area contributed by atoms with E-state index < -0.39 is 0 Å². The van der Waals surface area contributed by atoms with Gasteiger partial charge in [-0.1, -0.05) is 0 Å². The van der Waals surface area contributed by atoms with Gasteiger partial charge >= 0.3 is 0 Å². The van der Waals surface area contributed by atoms with E-state index in [2.05, 4.69) is 11.4 Å². The number of likely N-dealkylation sites (N-methyl/N-ethyl adjacent to an activating group) is 1. The Morgan fingerprint density at radius 3 is 3.00 bits per heavy atom. The van der Waals surface area contributed by atoms with E-state index in [0.717, 1.165) is 29.7 Å². The molecule has 0 atom stereocenters. The van der Waals surface area contributed by atoms with Gasteiger partial charge in [-0.2, -0.15) is 0 Å². The van der Waals surface area contributed by atoms with Gasteiger partial charge in [0, 0.05) is 11.5 Å². The molecule has 1 aromatic carbocycles. The van der Waals surface area contributed by atoms with Crippen molar-refractivity contribution >= 4 is 11.0 Å². The highest BCUT2D eigenvalue weighted by Gasteiger charge is 2.06. The summed E-state index contributed by atoms with van der Waals surface area (Å²) in [6, 6.07) is 6.03. The molecule has 80 valence electrons. The molecule has 3 heteroatoms. The molecule has 0 aliphatic rings. The summed E-state index contributed by atoms with van der Waals surface area (Å²) in [5.41, 5.74) is 2.08. The number of ether oxygens (including phenoxy) is 1. The first kappa shape index (κ1) is 10.1. The highest BCUT2D eigenvalue weighted by molar-refractivity contribution is 5.80. The normalized spacial score (nSPS) is 10.8. The number of hydrogen-bond acceptors (Lipinski definition) is 3. The van der Waals surface area contributed by atoms with Crippen LogP contribution in [0, 0.1) is 0 Å². The lowest BCUT2D eigenvalue weighted by molar-refractivity contribution is 0.409. The second-order valence-electron chi connectivity index (χ2n) is 3.48. The van der Waals surface area contributed by atoms with Crippen LogP contribution in [0.2, 0.25) is 0 Å². The SMILES string of the molecule is CNCCc1cc2ccoc2cc1OC. The van der Waals surface area contributed by atoms with Gasteiger partial charge in [0.15, 0.2) is 0 Å². The predicted molar refractivity (Wildman–Crippen MR) is 60.4 cm³/mol. The molecule has 0 unspecified atom stereocenters. The highest BCUT2D eigenvalue weighted by Crippen LogP contribution is 2.26. The van der Waals surface area contributed by atoms with Gasteiger partial charge in [0.25, 0.3) is 0 Å². The second kappa shape index (κ2) is 4.36. The molecule has 0 radical (unpaired) electrons. The Kier molecular flexibility index (Phi) is 2.92. The average Bonchev–Trinajstić information content (AvgIpc) is 2.71. The quantitative estimate of drug-likeness (QED) is 0.831. The monoisotopic (exact) mass is 205 g/mol. The minimum Gasteiger partial charge on any atom is -0.496 e. The Morgan fingerprint density at radius 2 is 2.27 bits per heavy atom. The molecule has 0 aliphatic heterocycles. The van der Waals surface area contributed by atoms with E-state index in [0.29, 0.717) is 0 Å². The standard InChI is InChI=1S/C12H15NO2/c1-13-5-3-9-7-10-4-6-15-12(10)8-11(9)14-2/h4,6-8,13H,3,5H2,1-2H3. The third-order valence-corrected chi connectivity index (χ3v) is 2.50. The topological polar surface area (TPSA) is 34.4 Å². The Bertz CT molecular complexity index is 448. The van der Waals surface area contributed by atoms with Gasteiger partial charge in [-0.3, -0.25) is 0 Å². The summed E-state index contributed by atoms with van der Waals surface area (Å²) in [5, 5.41) is 4.26. The van der Waals surface area contributed by atoms with E-state index in [1.165, 1.54) is 5.56 Å². The van der Waals surface area contributed by atoms with Crippen LogP contribution in [-0.4, -0.2) is 20.7 Å². The molecular formula is C12H15NO2. The van der Waals surface area contributed by atoms with E-state index in [4.69, 9.17) is 9.15 Å². The molecular weight excluding hydrogens is 190 g/mol. The molecule has 0 bridgehead atoms. The minimum absolute atomic E-state index is 0.875. The molecule has 2 aromatic rings. The summed E-state index contributed by atoms with van der Waals surface area (Å²) in [5.74, 6) is 0.896. The van der Waals surface area contributed by atoms with Crippen LogP contribution in [0.4, 0.5) is 0 Å². The van der Waals surface area contributed by atoms with Gasteiger partial charge in [0.1, 0.15) is 11.3 Å². The minimum atomic E-state index is 0.875. The van der Waals surface area contributed by atoms with Crippen molar-refractivity contribution < 1.29 is 9.15 Å². The van der Waals surface area contributed by atoms with Crippen molar-refractivity contribution in [1.82, 2.24) is 5.32 Å². The van der Waals surface area contributed by atoms with Gasteiger partial charge in [-0.25, -0.2) is 0 Å². The maximum absolute atomic E-state index is 5.33. The van der Waals surface area contributed by atoms with Gasteiger partial charge in [0.2, 0.25) is 0 Å². The van der Waals surface area contributed by atoms with Crippen LogP contribution in [-0.2, 0) is 6.42 Å². The van der Waals surface area contributed by atoms with E-state index in [1.807, 2.05) is 19.2 Å². The maximum Gasteiger partial charge on any atom is 0.137 e. The number of benzene rings is 1. The lowest BCUT2D eigenvalue weighted by Gasteiger charge is -2.08. The van der Waals surface area contributed by atoms with Crippen molar-refractivity contribution in [2.45, 2.75) is 6.42 Å². The molecule has 0 spiro atoms. The molecule has 15 heavy (non-hydrogen) atoms. The van der Waals surface area contributed by atoms with E-state index in [-0.39, 0.29) is 0 Å². The summed E-state index contributed by atoms with van der Waals surface area (Å²) < 4.78 is 10.7. The average molecular weight is 205 g/mol. The number of fused-ring (bicyclic) bond motifs is 1. The predicted octanol–water partition coefficient (Wildman–Crippen LogP) is 2.20. The van der Waals surface area contributed by atoms with Crippen LogP contribution in [0.15, 0.2) is 28.9 Å². The van der Waals surface area contributed by atoms with Crippen molar-refractivity contribution in [2.75, 3.05) is 20.7 Å². The van der Waals surface area contributed by atoms with Gasteiger partial charge in [0.05, 0.1) is 13.4 Å². The van der Waals surface area contributed by atoms with Crippen molar-refractivity contribution in [3.05, 3.63) is 30.0 Å². The summed E-state index contributed by atoms with van der Waals surface area (Å²) in [4.78, 5) is 0. The fourth-order valence-electron chi connectivity index (χ4n) is 1.68. The molecule has 2 rings (SSSR count). The maximum atomic E-state index is 5.33. The summed E-state index contributed by atoms with van der Waals surface area (Å²) in [6.45, 7) is 0.944. The lowest BCUT2D eigenvalue weighted by Crippen LogP contribution is -2.10. The summed E-state index contributed by atoms with van der Waals surface area (Å²) in [7, 11) is 3.63. The van der Waals surface area contributed by atoms with Crippen LogP contribution in [0.1, 0.15) is 5.56 Å². The van der Waals surface area contributed by atoms with Crippen LogP contribution >= 0.6 is 0 Å². The molecule has 1 N–H and O–H groups in total. The zero-order valence-electron chi connectivity index (χ0n) is 9.04. The Labute approximate surface area is 89.0 Å². The summed E-state index contributed by atoms with van der Waals surface area (Å²) in [6.07, 6.45) is 2.66. The Hall–Kier alpha value is -1.48. The molecule has 0 saturated carbocycles. The smallest absolute Gasteiger partial charge is 0.137 e. The second-order valence-corrected chi connectivity index (χ2v) is 3.48. The van der Waals surface area contributed by atoms with Crippen LogP contribution < -0.4 is 10.1 Å². The third kappa shape index (κ3) is 1.97. The van der Waals surface area contributed by atoms with Crippen molar-refractivity contribution in [3.8, 4) is 5.75 Å². The van der Waals surface area contributed by atoms with Crippen molar-refractivity contribution in [2.24, 2.45) is 0 Å². The van der Waals surface area contributed by atoms with Gasteiger partial charge < -0.3 is 14.5 Å². The van der Waals surface area contributed by atoms with Crippen molar-refractivity contribution in [1.29, 1.82) is 0 Å². The fraction of sp³-hybridized carbons (Fsp3) is 0.333. The number of furan rings is 1. The third-order valence-electron chi connectivity index (χ3n) is 2.50. The molecule has 3 nitrogen and oxygen atoms in total. The fourth-order valence-corrected chi connectivity index (χ4v) is 1.68. The number of hydrogen-bond donors (Lipinski definition) is 1. The largest absolute Gasteiger partial charge is 0.496 e. The highest BCUT2D eigenvalue weighted by atomic mass is 16.5. The zero-order valence-corrected chi connectivity index (χ0v) is 9.04. The van der Waals surface area contributed by atoms with Crippen LogP contribution in [0.25, 0.3) is 11.0 Å². The molecule has 0 aliphatic carbocycles. The van der Waals surface area contributed by atoms with E-state index in [9.17, 15) is 0 Å². The van der Waals surface area contributed by atoms with Gasteiger partial charge in [-0.05, 0) is 37.7 Å².